The van der Waals surface area contributed by atoms with Gasteiger partial charge in [0.15, 0.2) is 0 Å². The van der Waals surface area contributed by atoms with Crippen LogP contribution in [0.25, 0.3) is 0 Å². The first kappa shape index (κ1) is 16.1. The first-order valence-electron chi connectivity index (χ1n) is 8.46. The molecule has 0 aliphatic heterocycles. The van der Waals surface area contributed by atoms with E-state index in [9.17, 15) is 0 Å². The zero-order valence-electron chi connectivity index (χ0n) is 14.0. The molecule has 0 amide bonds. The van der Waals surface area contributed by atoms with Gasteiger partial charge in [-0.2, -0.15) is 0 Å². The monoisotopic (exact) mass is 290 g/mol. The Morgan fingerprint density at radius 3 is 2.57 bits per heavy atom. The maximum Gasteiger partial charge on any atom is 0.134 e. The summed E-state index contributed by atoms with van der Waals surface area (Å²) >= 11 is 0. The van der Waals surface area contributed by atoms with E-state index in [-0.39, 0.29) is 0 Å². The molecule has 0 unspecified atom stereocenters. The zero-order chi connectivity index (χ0) is 15.2. The average Bonchev–Trinajstić information content (AvgIpc) is 2.98. The first-order chi connectivity index (χ1) is 10.1. The molecule has 1 aliphatic rings. The van der Waals surface area contributed by atoms with E-state index in [1.807, 2.05) is 7.05 Å². The second-order valence-electron chi connectivity index (χ2n) is 6.51. The van der Waals surface area contributed by atoms with Gasteiger partial charge in [0.05, 0.1) is 0 Å². The predicted octanol–water partition coefficient (Wildman–Crippen LogP) is 3.88. The van der Waals surface area contributed by atoms with Gasteiger partial charge in [-0.05, 0) is 25.2 Å². The fourth-order valence-electron chi connectivity index (χ4n) is 3.13. The predicted molar refractivity (Wildman–Crippen MR) is 90.0 cm³/mol. The van der Waals surface area contributed by atoms with Crippen LogP contribution in [0.1, 0.15) is 58.7 Å². The molecule has 0 atom stereocenters. The van der Waals surface area contributed by atoms with Crippen molar-refractivity contribution in [3.05, 3.63) is 11.9 Å². The Kier molecular flexibility index (Phi) is 5.83. The van der Waals surface area contributed by atoms with E-state index >= 15 is 0 Å². The third kappa shape index (κ3) is 4.32. The second kappa shape index (κ2) is 7.62. The number of rotatable bonds is 7. The summed E-state index contributed by atoms with van der Waals surface area (Å²) in [6.45, 7) is 7.83. The van der Waals surface area contributed by atoms with Crippen LogP contribution in [0.3, 0.4) is 0 Å². The molecule has 0 saturated heterocycles. The highest BCUT2D eigenvalue weighted by atomic mass is 15.2. The summed E-state index contributed by atoms with van der Waals surface area (Å²) in [6.07, 6.45) is 7.34. The number of aromatic nitrogens is 2. The van der Waals surface area contributed by atoms with Crippen molar-refractivity contribution >= 4 is 11.6 Å². The van der Waals surface area contributed by atoms with Gasteiger partial charge in [-0.15, -0.1) is 0 Å². The molecule has 1 heterocycles. The van der Waals surface area contributed by atoms with Crippen molar-refractivity contribution in [3.63, 3.8) is 0 Å². The first-order valence-corrected chi connectivity index (χ1v) is 8.46. The molecule has 1 aliphatic carbocycles. The number of hydrogen-bond donors (Lipinski definition) is 1. The molecule has 21 heavy (non-hydrogen) atoms. The summed E-state index contributed by atoms with van der Waals surface area (Å²) in [5.74, 6) is 3.66. The van der Waals surface area contributed by atoms with Crippen molar-refractivity contribution in [1.29, 1.82) is 0 Å². The summed E-state index contributed by atoms with van der Waals surface area (Å²) in [6, 6.07) is 2.77. The van der Waals surface area contributed by atoms with Crippen molar-refractivity contribution in [1.82, 2.24) is 9.97 Å². The number of nitrogens with one attached hydrogen (secondary N) is 1. The molecule has 2 rings (SSSR count). The largest absolute Gasteiger partial charge is 0.373 e. The summed E-state index contributed by atoms with van der Waals surface area (Å²) in [5.41, 5.74) is 0. The highest BCUT2D eigenvalue weighted by molar-refractivity contribution is 5.50. The van der Waals surface area contributed by atoms with Crippen molar-refractivity contribution in [3.8, 4) is 0 Å². The lowest BCUT2D eigenvalue weighted by Gasteiger charge is -2.32. The normalized spacial score (nSPS) is 15.7. The molecule has 0 radical (unpaired) electrons. The molecule has 1 aromatic rings. The van der Waals surface area contributed by atoms with Crippen molar-refractivity contribution < 1.29 is 0 Å². The maximum atomic E-state index is 4.84. The van der Waals surface area contributed by atoms with Crippen molar-refractivity contribution in [2.75, 3.05) is 23.8 Å². The lowest BCUT2D eigenvalue weighted by molar-refractivity contribution is 0.530. The minimum atomic E-state index is 0.647. The molecule has 0 spiro atoms. The fourth-order valence-corrected chi connectivity index (χ4v) is 3.13. The molecular weight excluding hydrogens is 260 g/mol. The molecule has 1 N–H and O–H groups in total. The van der Waals surface area contributed by atoms with E-state index in [0.29, 0.717) is 12.0 Å². The quantitative estimate of drug-likeness (QED) is 0.827. The van der Waals surface area contributed by atoms with E-state index in [1.54, 1.807) is 0 Å². The lowest BCUT2D eigenvalue weighted by atomic mass is 10.1. The molecule has 0 aromatic carbocycles. The van der Waals surface area contributed by atoms with Gasteiger partial charge >= 0.3 is 0 Å². The summed E-state index contributed by atoms with van der Waals surface area (Å²) in [5, 5.41) is 3.19. The summed E-state index contributed by atoms with van der Waals surface area (Å²) in [7, 11) is 1.93. The Labute approximate surface area is 129 Å². The van der Waals surface area contributed by atoms with Gasteiger partial charge in [0.25, 0.3) is 0 Å². The molecule has 4 nitrogen and oxygen atoms in total. The van der Waals surface area contributed by atoms with Gasteiger partial charge in [0.1, 0.15) is 17.5 Å². The third-order valence-electron chi connectivity index (χ3n) is 4.11. The van der Waals surface area contributed by atoms with E-state index in [2.05, 4.69) is 42.0 Å². The van der Waals surface area contributed by atoms with Crippen LogP contribution in [0, 0.1) is 5.92 Å². The van der Waals surface area contributed by atoms with Crippen LogP contribution >= 0.6 is 0 Å². The molecule has 1 saturated carbocycles. The fraction of sp³-hybridized carbons (Fsp3) is 0.765. The van der Waals surface area contributed by atoms with Gasteiger partial charge in [-0.3, -0.25) is 0 Å². The minimum absolute atomic E-state index is 0.647. The molecule has 1 aromatic heterocycles. The van der Waals surface area contributed by atoms with Crippen LogP contribution in [0.15, 0.2) is 6.07 Å². The Hall–Kier alpha value is -1.32. The number of nitrogens with zero attached hydrogens (tertiary/aromatic N) is 3. The van der Waals surface area contributed by atoms with Crippen LogP contribution in [-0.4, -0.2) is 29.6 Å². The van der Waals surface area contributed by atoms with Gasteiger partial charge in [-0.25, -0.2) is 9.97 Å². The van der Waals surface area contributed by atoms with E-state index in [0.717, 1.165) is 36.8 Å². The van der Waals surface area contributed by atoms with Gasteiger partial charge in [-0.1, -0.05) is 33.6 Å². The lowest BCUT2D eigenvalue weighted by Crippen LogP contribution is -2.37. The molecule has 1 fully saturated rings. The van der Waals surface area contributed by atoms with Gasteiger partial charge in [0.2, 0.25) is 0 Å². The number of anilines is 2. The second-order valence-corrected chi connectivity index (χ2v) is 6.51. The highest BCUT2D eigenvalue weighted by Gasteiger charge is 2.25. The molecule has 4 heteroatoms. The third-order valence-corrected chi connectivity index (χ3v) is 4.11. The summed E-state index contributed by atoms with van der Waals surface area (Å²) < 4.78 is 0. The van der Waals surface area contributed by atoms with E-state index in [1.165, 1.54) is 25.7 Å². The summed E-state index contributed by atoms with van der Waals surface area (Å²) in [4.78, 5) is 12.0. The van der Waals surface area contributed by atoms with Crippen LogP contribution in [-0.2, 0) is 6.42 Å². The van der Waals surface area contributed by atoms with Crippen molar-refractivity contribution in [2.45, 2.75) is 65.3 Å². The van der Waals surface area contributed by atoms with Crippen LogP contribution in [0.5, 0.6) is 0 Å². The van der Waals surface area contributed by atoms with E-state index in [4.69, 9.17) is 4.98 Å². The number of hydrogen-bond acceptors (Lipinski definition) is 4. The minimum Gasteiger partial charge on any atom is -0.373 e. The topological polar surface area (TPSA) is 41.1 Å². The Morgan fingerprint density at radius 2 is 2.00 bits per heavy atom. The van der Waals surface area contributed by atoms with Gasteiger partial charge in [0, 0.05) is 32.1 Å². The standard InChI is InChI=1S/C17H30N4/c1-5-8-15-19-16(18-4)11-17(20-15)21(12-13(2)3)14-9-6-7-10-14/h11,13-14H,5-10,12H2,1-4H3,(H,18,19,20). The highest BCUT2D eigenvalue weighted by Crippen LogP contribution is 2.29. The van der Waals surface area contributed by atoms with Crippen LogP contribution < -0.4 is 10.2 Å². The van der Waals surface area contributed by atoms with Gasteiger partial charge < -0.3 is 10.2 Å². The van der Waals surface area contributed by atoms with E-state index < -0.39 is 0 Å². The Morgan fingerprint density at radius 1 is 1.29 bits per heavy atom. The Balaban J connectivity index is 2.30. The average molecular weight is 290 g/mol. The number of aryl methyl sites for hydroxylation is 1. The molecular formula is C17H30N4. The molecule has 118 valence electrons. The van der Waals surface area contributed by atoms with Crippen LogP contribution in [0.4, 0.5) is 11.6 Å². The van der Waals surface area contributed by atoms with Crippen LogP contribution in [0.2, 0.25) is 0 Å². The van der Waals surface area contributed by atoms with Crippen molar-refractivity contribution in [2.24, 2.45) is 5.92 Å². The maximum absolute atomic E-state index is 4.84. The Bertz CT molecular complexity index is 438. The SMILES string of the molecule is CCCc1nc(NC)cc(N(CC(C)C)C2CCCC2)n1. The smallest absolute Gasteiger partial charge is 0.134 e. The molecule has 0 bridgehead atoms. The zero-order valence-corrected chi connectivity index (χ0v) is 14.0.